The molecule has 0 aliphatic rings. The molecule has 0 aliphatic carbocycles. The SMILES string of the molecule is CCCCCCCCC#Cc1cc2cc(C#CCCCCCCCC)c(Br)cc2cc1Br. The van der Waals surface area contributed by atoms with Gasteiger partial charge in [0.25, 0.3) is 0 Å². The minimum absolute atomic E-state index is 0.978. The van der Waals surface area contributed by atoms with E-state index in [0.29, 0.717) is 0 Å². The fourth-order valence-corrected chi connectivity index (χ4v) is 4.71. The molecule has 0 N–H and O–H groups in total. The second-order valence-electron chi connectivity index (χ2n) is 8.65. The van der Waals surface area contributed by atoms with Crippen molar-refractivity contribution in [3.8, 4) is 23.7 Å². The Morgan fingerprint density at radius 2 is 0.906 bits per heavy atom. The first-order chi connectivity index (χ1) is 15.7. The quantitative estimate of drug-likeness (QED) is 0.180. The normalized spacial score (nSPS) is 10.5. The van der Waals surface area contributed by atoms with Crippen LogP contribution in [0.4, 0.5) is 0 Å². The Balaban J connectivity index is 1.96. The summed E-state index contributed by atoms with van der Waals surface area (Å²) in [6, 6.07) is 8.72. The van der Waals surface area contributed by atoms with Gasteiger partial charge in [-0.25, -0.2) is 0 Å². The van der Waals surface area contributed by atoms with Crippen LogP contribution in [0.5, 0.6) is 0 Å². The second-order valence-corrected chi connectivity index (χ2v) is 10.4. The zero-order chi connectivity index (χ0) is 23.0. The molecule has 0 amide bonds. The summed E-state index contributed by atoms with van der Waals surface area (Å²) in [6.45, 7) is 4.52. The summed E-state index contributed by atoms with van der Waals surface area (Å²) in [6.07, 6.45) is 17.7. The van der Waals surface area contributed by atoms with Crippen molar-refractivity contribution in [2.45, 2.75) is 104 Å². The van der Waals surface area contributed by atoms with E-state index in [1.54, 1.807) is 0 Å². The number of benzene rings is 2. The van der Waals surface area contributed by atoms with Crippen molar-refractivity contribution in [1.29, 1.82) is 0 Å². The van der Waals surface area contributed by atoms with E-state index in [1.807, 2.05) is 0 Å². The molecule has 2 aromatic carbocycles. The van der Waals surface area contributed by atoms with E-state index < -0.39 is 0 Å². The van der Waals surface area contributed by atoms with Gasteiger partial charge in [0, 0.05) is 32.9 Å². The first-order valence-corrected chi connectivity index (χ1v) is 14.1. The van der Waals surface area contributed by atoms with Crippen molar-refractivity contribution in [2.24, 2.45) is 0 Å². The molecule has 2 heteroatoms. The van der Waals surface area contributed by atoms with Crippen molar-refractivity contribution in [3.05, 3.63) is 44.3 Å². The predicted octanol–water partition coefficient (Wildman–Crippen LogP) is 10.6. The molecular weight excluding hydrogens is 520 g/mol. The van der Waals surface area contributed by atoms with Crippen LogP contribution in [0.15, 0.2) is 33.2 Å². The minimum atomic E-state index is 0.978. The molecule has 2 aromatic rings. The van der Waals surface area contributed by atoms with Crippen molar-refractivity contribution >= 4 is 42.6 Å². The zero-order valence-electron chi connectivity index (χ0n) is 20.0. The van der Waals surface area contributed by atoms with Gasteiger partial charge in [-0.1, -0.05) is 102 Å². The monoisotopic (exact) mass is 556 g/mol. The molecule has 0 fully saturated rings. The number of halogens is 2. The highest BCUT2D eigenvalue weighted by Gasteiger charge is 2.05. The molecule has 0 aliphatic heterocycles. The summed E-state index contributed by atoms with van der Waals surface area (Å²) >= 11 is 7.42. The van der Waals surface area contributed by atoms with Crippen molar-refractivity contribution in [1.82, 2.24) is 0 Å². The highest BCUT2D eigenvalue weighted by molar-refractivity contribution is 9.10. The highest BCUT2D eigenvalue weighted by atomic mass is 79.9. The van der Waals surface area contributed by atoms with E-state index in [4.69, 9.17) is 0 Å². The first kappa shape index (κ1) is 27.0. The third-order valence-corrected chi connectivity index (χ3v) is 7.08. The summed E-state index contributed by atoms with van der Waals surface area (Å²) in [7, 11) is 0. The maximum absolute atomic E-state index is 3.71. The summed E-state index contributed by atoms with van der Waals surface area (Å²) in [4.78, 5) is 0. The third-order valence-electron chi connectivity index (χ3n) is 5.77. The molecule has 32 heavy (non-hydrogen) atoms. The largest absolute Gasteiger partial charge is 0.0979 e. The van der Waals surface area contributed by atoms with Crippen LogP contribution in [0.3, 0.4) is 0 Å². The minimum Gasteiger partial charge on any atom is -0.0979 e. The average Bonchev–Trinajstić information content (AvgIpc) is 2.78. The summed E-state index contributed by atoms with van der Waals surface area (Å²) in [5, 5.41) is 2.40. The highest BCUT2D eigenvalue weighted by Crippen LogP contribution is 2.29. The van der Waals surface area contributed by atoms with Gasteiger partial charge in [0.1, 0.15) is 0 Å². The lowest BCUT2D eigenvalue weighted by atomic mass is 10.0. The Hall–Kier alpha value is -1.22. The Kier molecular flexibility index (Phi) is 13.9. The van der Waals surface area contributed by atoms with Crippen molar-refractivity contribution < 1.29 is 0 Å². The molecule has 0 saturated heterocycles. The molecular formula is C30H38Br2. The van der Waals surface area contributed by atoms with Crippen LogP contribution >= 0.6 is 31.9 Å². The molecule has 0 saturated carbocycles. The Labute approximate surface area is 213 Å². The lowest BCUT2D eigenvalue weighted by Crippen LogP contribution is -1.85. The van der Waals surface area contributed by atoms with Crippen LogP contribution in [0.2, 0.25) is 0 Å². The van der Waals surface area contributed by atoms with E-state index in [0.717, 1.165) is 32.9 Å². The molecule has 0 bridgehead atoms. The van der Waals surface area contributed by atoms with E-state index in [1.165, 1.54) is 87.8 Å². The maximum atomic E-state index is 3.71. The van der Waals surface area contributed by atoms with E-state index >= 15 is 0 Å². The number of hydrogen-bond donors (Lipinski definition) is 0. The Bertz CT molecular complexity index is 875. The van der Waals surface area contributed by atoms with E-state index in [2.05, 4.69) is 93.7 Å². The van der Waals surface area contributed by atoms with Gasteiger partial charge in [-0.05, 0) is 79.7 Å². The van der Waals surface area contributed by atoms with Crippen LogP contribution < -0.4 is 0 Å². The fraction of sp³-hybridized carbons (Fsp3) is 0.533. The molecule has 0 atom stereocenters. The number of fused-ring (bicyclic) bond motifs is 1. The molecule has 0 unspecified atom stereocenters. The third kappa shape index (κ3) is 10.1. The van der Waals surface area contributed by atoms with Crippen LogP contribution in [0.25, 0.3) is 10.8 Å². The van der Waals surface area contributed by atoms with Crippen LogP contribution in [0.1, 0.15) is 115 Å². The van der Waals surface area contributed by atoms with Crippen molar-refractivity contribution in [2.75, 3.05) is 0 Å². The lowest BCUT2D eigenvalue weighted by Gasteiger charge is -2.05. The van der Waals surface area contributed by atoms with Crippen LogP contribution in [-0.4, -0.2) is 0 Å². The van der Waals surface area contributed by atoms with Gasteiger partial charge in [0.15, 0.2) is 0 Å². The zero-order valence-corrected chi connectivity index (χ0v) is 23.1. The van der Waals surface area contributed by atoms with Gasteiger partial charge < -0.3 is 0 Å². The molecule has 0 heterocycles. The number of hydrogen-bond acceptors (Lipinski definition) is 0. The maximum Gasteiger partial charge on any atom is 0.0393 e. The first-order valence-electron chi connectivity index (χ1n) is 12.6. The van der Waals surface area contributed by atoms with Gasteiger partial charge in [-0.15, -0.1) is 0 Å². The molecule has 0 spiro atoms. The van der Waals surface area contributed by atoms with Gasteiger partial charge in [-0.3, -0.25) is 0 Å². The summed E-state index contributed by atoms with van der Waals surface area (Å²) in [5.74, 6) is 13.5. The van der Waals surface area contributed by atoms with Crippen LogP contribution in [-0.2, 0) is 0 Å². The molecule has 0 nitrogen and oxygen atoms in total. The summed E-state index contributed by atoms with van der Waals surface area (Å²) < 4.78 is 2.13. The standard InChI is InChI=1S/C30H38Br2/c1-3-5-7-9-11-13-15-17-19-25-21-27-22-26(30(32)24-28(27)23-29(25)31)20-18-16-14-12-10-8-6-4-2/h21-24H,3-16H2,1-2H3. The predicted molar refractivity (Wildman–Crippen MR) is 149 cm³/mol. The van der Waals surface area contributed by atoms with Gasteiger partial charge in [0.05, 0.1) is 0 Å². The molecule has 0 aromatic heterocycles. The van der Waals surface area contributed by atoms with Gasteiger partial charge in [-0.2, -0.15) is 0 Å². The van der Waals surface area contributed by atoms with E-state index in [-0.39, 0.29) is 0 Å². The molecule has 2 rings (SSSR count). The van der Waals surface area contributed by atoms with Crippen molar-refractivity contribution in [3.63, 3.8) is 0 Å². The van der Waals surface area contributed by atoms with E-state index in [9.17, 15) is 0 Å². The Morgan fingerprint density at radius 1 is 0.531 bits per heavy atom. The summed E-state index contributed by atoms with van der Waals surface area (Å²) in [5.41, 5.74) is 2.13. The molecule has 172 valence electrons. The topological polar surface area (TPSA) is 0 Å². The second kappa shape index (κ2) is 16.4. The van der Waals surface area contributed by atoms with Crippen LogP contribution in [0, 0.1) is 23.7 Å². The fourth-order valence-electron chi connectivity index (χ4n) is 3.79. The average molecular weight is 558 g/mol. The van der Waals surface area contributed by atoms with Gasteiger partial charge >= 0.3 is 0 Å². The molecule has 0 radical (unpaired) electrons. The Morgan fingerprint density at radius 3 is 1.34 bits per heavy atom. The number of unbranched alkanes of at least 4 members (excludes halogenated alkanes) is 12. The lowest BCUT2D eigenvalue weighted by molar-refractivity contribution is 0.614. The number of rotatable bonds is 12. The smallest absolute Gasteiger partial charge is 0.0393 e. The van der Waals surface area contributed by atoms with Gasteiger partial charge in [0.2, 0.25) is 0 Å².